The second-order valence-corrected chi connectivity index (χ2v) is 4.68. The van der Waals surface area contributed by atoms with Crippen molar-refractivity contribution in [2.45, 2.75) is 26.4 Å². The monoisotopic (exact) mass is 297 g/mol. The second-order valence-electron chi connectivity index (χ2n) is 4.68. The van der Waals surface area contributed by atoms with Crippen LogP contribution in [0.3, 0.4) is 0 Å². The molecule has 0 aliphatic rings. The molecule has 0 bridgehead atoms. The topological polar surface area (TPSA) is 111 Å². The summed E-state index contributed by atoms with van der Waals surface area (Å²) in [6.07, 6.45) is -0.887. The second kappa shape index (κ2) is 6.98. The highest BCUT2D eigenvalue weighted by molar-refractivity contribution is 5.95. The third-order valence-electron chi connectivity index (χ3n) is 3.18. The van der Waals surface area contributed by atoms with Gasteiger partial charge >= 0.3 is 5.97 Å². The van der Waals surface area contributed by atoms with Gasteiger partial charge in [-0.15, -0.1) is 0 Å². The normalized spacial score (nSPS) is 12.0. The van der Waals surface area contributed by atoms with Crippen LogP contribution in [0.5, 0.6) is 0 Å². The summed E-state index contributed by atoms with van der Waals surface area (Å²) in [6, 6.07) is 0. The van der Waals surface area contributed by atoms with Gasteiger partial charge in [-0.25, -0.2) is 4.68 Å². The van der Waals surface area contributed by atoms with Crippen LogP contribution in [0.1, 0.15) is 28.0 Å². The van der Waals surface area contributed by atoms with Crippen molar-refractivity contribution >= 4 is 11.9 Å². The Kier molecular flexibility index (Phi) is 5.60. The van der Waals surface area contributed by atoms with Crippen LogP contribution in [0.2, 0.25) is 0 Å². The smallest absolute Gasteiger partial charge is 0.306 e. The van der Waals surface area contributed by atoms with E-state index >= 15 is 0 Å². The molecule has 1 rings (SSSR count). The number of aryl methyl sites for hydroxylation is 2. The maximum Gasteiger partial charge on any atom is 0.306 e. The molecule has 0 saturated heterocycles. The van der Waals surface area contributed by atoms with Crippen molar-refractivity contribution in [3.63, 3.8) is 0 Å². The Balaban J connectivity index is 2.91. The Labute approximate surface area is 121 Å². The summed E-state index contributed by atoms with van der Waals surface area (Å²) in [6.45, 7) is 3.35. The highest BCUT2D eigenvalue weighted by atomic mass is 16.5. The lowest BCUT2D eigenvalue weighted by Gasteiger charge is -2.15. The number of nitrogens with one attached hydrogen (secondary N) is 1. The zero-order valence-corrected chi connectivity index (χ0v) is 12.5. The van der Waals surface area contributed by atoms with E-state index in [4.69, 9.17) is 9.84 Å². The molecular weight excluding hydrogens is 278 g/mol. The number of carbonyl (C=O) groups excluding carboxylic acids is 1. The lowest BCUT2D eigenvalue weighted by molar-refractivity contribution is -0.139. The number of hydrogen-bond donors (Lipinski definition) is 2. The van der Waals surface area contributed by atoms with Gasteiger partial charge < -0.3 is 15.2 Å². The Morgan fingerprint density at radius 2 is 2.05 bits per heavy atom. The number of carboxylic acids is 1. The maximum atomic E-state index is 12.1. The van der Waals surface area contributed by atoms with Crippen molar-refractivity contribution in [3.05, 3.63) is 27.2 Å². The first-order valence-electron chi connectivity index (χ1n) is 6.35. The number of aromatic nitrogens is 2. The summed E-state index contributed by atoms with van der Waals surface area (Å²) < 4.78 is 6.06. The standard InChI is InChI=1S/C13H19N3O5/c1-7-8(2)15-16(3)13(20)11(7)12(19)14-6-9(21-4)5-10(17)18/h9H,5-6H2,1-4H3,(H,14,19)(H,17,18). The quantitative estimate of drug-likeness (QED) is 0.740. The summed E-state index contributed by atoms with van der Waals surface area (Å²) in [5.41, 5.74) is 0.594. The third kappa shape index (κ3) is 4.12. The Morgan fingerprint density at radius 3 is 2.57 bits per heavy atom. The number of amides is 1. The van der Waals surface area contributed by atoms with E-state index in [2.05, 4.69) is 10.4 Å². The minimum atomic E-state index is -1.03. The van der Waals surface area contributed by atoms with Gasteiger partial charge in [0.05, 0.1) is 18.2 Å². The molecule has 0 aliphatic heterocycles. The molecule has 0 fully saturated rings. The van der Waals surface area contributed by atoms with Gasteiger partial charge in [-0.1, -0.05) is 0 Å². The summed E-state index contributed by atoms with van der Waals surface area (Å²) in [5, 5.41) is 15.2. The zero-order valence-electron chi connectivity index (χ0n) is 12.5. The van der Waals surface area contributed by atoms with Gasteiger partial charge in [0.25, 0.3) is 11.5 Å². The van der Waals surface area contributed by atoms with Gasteiger partial charge in [0.15, 0.2) is 0 Å². The fourth-order valence-electron chi connectivity index (χ4n) is 1.84. The van der Waals surface area contributed by atoms with Crippen molar-refractivity contribution in [3.8, 4) is 0 Å². The zero-order chi connectivity index (χ0) is 16.2. The van der Waals surface area contributed by atoms with Gasteiger partial charge in [-0.2, -0.15) is 5.10 Å². The van der Waals surface area contributed by atoms with Crippen LogP contribution >= 0.6 is 0 Å². The number of methoxy groups -OCH3 is 1. The highest BCUT2D eigenvalue weighted by Crippen LogP contribution is 2.06. The van der Waals surface area contributed by atoms with Crippen molar-refractivity contribution in [2.24, 2.45) is 7.05 Å². The number of nitrogens with zero attached hydrogens (tertiary/aromatic N) is 2. The molecule has 1 unspecified atom stereocenters. The molecule has 1 aromatic rings. The average Bonchev–Trinajstić information content (AvgIpc) is 2.41. The Hall–Kier alpha value is -2.22. The van der Waals surface area contributed by atoms with Crippen molar-refractivity contribution in [2.75, 3.05) is 13.7 Å². The van der Waals surface area contributed by atoms with E-state index in [1.807, 2.05) is 0 Å². The Morgan fingerprint density at radius 1 is 1.43 bits per heavy atom. The van der Waals surface area contributed by atoms with E-state index in [0.717, 1.165) is 4.68 Å². The van der Waals surface area contributed by atoms with Gasteiger partial charge in [0.2, 0.25) is 0 Å². The number of carboxylic acid groups (broad SMARTS) is 1. The molecule has 8 heteroatoms. The van der Waals surface area contributed by atoms with E-state index in [-0.39, 0.29) is 18.5 Å². The molecule has 1 atom stereocenters. The fourth-order valence-corrected chi connectivity index (χ4v) is 1.84. The van der Waals surface area contributed by atoms with E-state index in [1.54, 1.807) is 13.8 Å². The molecule has 0 aliphatic carbocycles. The molecule has 116 valence electrons. The first-order chi connectivity index (χ1) is 9.77. The first kappa shape index (κ1) is 16.8. The van der Waals surface area contributed by atoms with E-state index in [1.165, 1.54) is 14.2 Å². The maximum absolute atomic E-state index is 12.1. The van der Waals surface area contributed by atoms with Crippen molar-refractivity contribution in [1.82, 2.24) is 15.1 Å². The highest BCUT2D eigenvalue weighted by Gasteiger charge is 2.19. The molecule has 2 N–H and O–H groups in total. The summed E-state index contributed by atoms with van der Waals surface area (Å²) in [5.74, 6) is -1.59. The SMILES string of the molecule is COC(CNC(=O)c1c(C)c(C)nn(C)c1=O)CC(=O)O. The van der Waals surface area contributed by atoms with Gasteiger partial charge in [-0.3, -0.25) is 14.4 Å². The van der Waals surface area contributed by atoms with E-state index < -0.39 is 23.5 Å². The third-order valence-corrected chi connectivity index (χ3v) is 3.18. The van der Waals surface area contributed by atoms with Crippen LogP contribution in [0.25, 0.3) is 0 Å². The van der Waals surface area contributed by atoms with Gasteiger partial charge in [0.1, 0.15) is 5.56 Å². The lowest BCUT2D eigenvalue weighted by atomic mass is 10.1. The number of ether oxygens (including phenoxy) is 1. The molecule has 1 aromatic heterocycles. The average molecular weight is 297 g/mol. The van der Waals surface area contributed by atoms with Gasteiger partial charge in [0, 0.05) is 20.7 Å². The molecule has 1 heterocycles. The van der Waals surface area contributed by atoms with Crippen molar-refractivity contribution < 1.29 is 19.4 Å². The van der Waals surface area contributed by atoms with E-state index in [0.29, 0.717) is 11.3 Å². The molecule has 0 radical (unpaired) electrons. The van der Waals surface area contributed by atoms with Crippen LogP contribution in [0.15, 0.2) is 4.79 Å². The van der Waals surface area contributed by atoms with Crippen LogP contribution in [-0.2, 0) is 16.6 Å². The predicted octanol–water partition coefficient (Wildman–Crippen LogP) is -0.383. The Bertz CT molecular complexity index is 609. The van der Waals surface area contributed by atoms with Gasteiger partial charge in [-0.05, 0) is 19.4 Å². The number of hydrogen-bond acceptors (Lipinski definition) is 5. The van der Waals surface area contributed by atoms with Crippen molar-refractivity contribution in [1.29, 1.82) is 0 Å². The first-order valence-corrected chi connectivity index (χ1v) is 6.35. The number of carbonyl (C=O) groups is 2. The fraction of sp³-hybridized carbons (Fsp3) is 0.538. The lowest BCUT2D eigenvalue weighted by Crippen LogP contribution is -2.39. The predicted molar refractivity (Wildman–Crippen MR) is 74.3 cm³/mol. The minimum Gasteiger partial charge on any atom is -0.481 e. The molecular formula is C13H19N3O5. The number of aliphatic carboxylic acids is 1. The summed E-state index contributed by atoms with van der Waals surface area (Å²) in [4.78, 5) is 34.8. The molecule has 8 nitrogen and oxygen atoms in total. The molecule has 0 spiro atoms. The molecule has 0 aromatic carbocycles. The van der Waals surface area contributed by atoms with Crippen LogP contribution < -0.4 is 10.9 Å². The van der Waals surface area contributed by atoms with Crippen LogP contribution in [-0.4, -0.2) is 46.5 Å². The molecule has 21 heavy (non-hydrogen) atoms. The van der Waals surface area contributed by atoms with Crippen LogP contribution in [0.4, 0.5) is 0 Å². The molecule has 1 amide bonds. The minimum absolute atomic E-state index is 0.00555. The summed E-state index contributed by atoms with van der Waals surface area (Å²) in [7, 11) is 2.83. The largest absolute Gasteiger partial charge is 0.481 e. The van der Waals surface area contributed by atoms with Crippen LogP contribution in [0, 0.1) is 13.8 Å². The molecule has 0 saturated carbocycles. The van der Waals surface area contributed by atoms with E-state index in [9.17, 15) is 14.4 Å². The number of rotatable bonds is 6. The summed E-state index contributed by atoms with van der Waals surface area (Å²) >= 11 is 0.